The topological polar surface area (TPSA) is 43.6 Å². The Morgan fingerprint density at radius 2 is 1.45 bits per heavy atom. The van der Waals surface area contributed by atoms with E-state index in [1.807, 2.05) is 28.8 Å². The molecular weight excluding hydrogens is 363 g/mol. The molecule has 0 spiro atoms. The summed E-state index contributed by atoms with van der Waals surface area (Å²) in [5, 5.41) is 2.19. The van der Waals surface area contributed by atoms with Crippen LogP contribution in [0.1, 0.15) is 0 Å². The van der Waals surface area contributed by atoms with Crippen molar-refractivity contribution in [3.8, 4) is 5.82 Å². The highest BCUT2D eigenvalue weighted by atomic mass is 127. The average Bonchev–Trinajstić information content (AvgIpc) is 2.82. The van der Waals surface area contributed by atoms with Crippen LogP contribution in [-0.4, -0.2) is 19.5 Å². The molecule has 4 nitrogen and oxygen atoms in total. The largest absolute Gasteiger partial charge is 0.261 e. The summed E-state index contributed by atoms with van der Waals surface area (Å²) in [4.78, 5) is 13.5. The highest BCUT2D eigenvalue weighted by Crippen LogP contribution is 2.28. The number of fused-ring (bicyclic) bond motifs is 3. The zero-order valence-electron chi connectivity index (χ0n) is 10.4. The number of hydrogen-bond acceptors (Lipinski definition) is 3. The summed E-state index contributed by atoms with van der Waals surface area (Å²) in [6.07, 6.45) is 5.40. The molecule has 96 valence electrons. The van der Waals surface area contributed by atoms with Crippen LogP contribution >= 0.6 is 22.6 Å². The molecule has 0 aromatic carbocycles. The lowest BCUT2D eigenvalue weighted by molar-refractivity contribution is 1.03. The molecule has 0 unspecified atom stereocenters. The first-order chi connectivity index (χ1) is 9.84. The number of rotatable bonds is 1. The molecule has 0 atom stereocenters. The van der Waals surface area contributed by atoms with Crippen LogP contribution in [0.5, 0.6) is 0 Å². The smallest absolute Gasteiger partial charge is 0.147 e. The number of aromatic nitrogens is 4. The van der Waals surface area contributed by atoms with Crippen LogP contribution in [0, 0.1) is 3.57 Å². The summed E-state index contributed by atoms with van der Waals surface area (Å²) in [5.41, 5.74) is 1.77. The van der Waals surface area contributed by atoms with E-state index in [9.17, 15) is 0 Å². The molecule has 4 heterocycles. The minimum atomic E-state index is 0.842. The van der Waals surface area contributed by atoms with Crippen molar-refractivity contribution in [2.75, 3.05) is 0 Å². The van der Waals surface area contributed by atoms with Crippen molar-refractivity contribution >= 4 is 44.7 Å². The predicted molar refractivity (Wildman–Crippen MR) is 86.9 cm³/mol. The van der Waals surface area contributed by atoms with Crippen molar-refractivity contribution in [1.82, 2.24) is 19.5 Å². The van der Waals surface area contributed by atoms with Crippen LogP contribution in [0.25, 0.3) is 27.9 Å². The van der Waals surface area contributed by atoms with Gasteiger partial charge in [-0.15, -0.1) is 0 Å². The molecule has 0 amide bonds. The van der Waals surface area contributed by atoms with Crippen LogP contribution in [0.4, 0.5) is 0 Å². The minimum absolute atomic E-state index is 0.842. The van der Waals surface area contributed by atoms with E-state index in [0.717, 1.165) is 31.5 Å². The molecule has 0 bridgehead atoms. The van der Waals surface area contributed by atoms with E-state index in [-0.39, 0.29) is 0 Å². The van der Waals surface area contributed by atoms with Crippen molar-refractivity contribution in [2.24, 2.45) is 0 Å². The fourth-order valence-electron chi connectivity index (χ4n) is 2.40. The van der Waals surface area contributed by atoms with E-state index in [1.165, 1.54) is 0 Å². The third-order valence-corrected chi connectivity index (χ3v) is 3.89. The first-order valence-corrected chi connectivity index (χ1v) is 7.24. The second-order valence-corrected chi connectivity index (χ2v) is 5.66. The molecule has 0 N–H and O–H groups in total. The summed E-state index contributed by atoms with van der Waals surface area (Å²) in [7, 11) is 0. The maximum atomic E-state index is 4.50. The Morgan fingerprint density at radius 1 is 0.800 bits per heavy atom. The molecular formula is C15H9IN4. The van der Waals surface area contributed by atoms with E-state index in [0.29, 0.717) is 0 Å². The van der Waals surface area contributed by atoms with Gasteiger partial charge in [-0.05, 0) is 59.0 Å². The predicted octanol–water partition coefficient (Wildman–Crippen LogP) is 3.57. The molecule has 0 aliphatic rings. The van der Waals surface area contributed by atoms with Crippen LogP contribution in [-0.2, 0) is 0 Å². The number of halogens is 1. The maximum absolute atomic E-state index is 4.50. The van der Waals surface area contributed by atoms with E-state index in [2.05, 4.69) is 49.7 Å². The standard InChI is InChI=1S/C15H9IN4/c16-10-5-8-17-13(9-10)20-14-11(3-1-6-18-14)12-4-2-7-19-15(12)20/h1-9H. The van der Waals surface area contributed by atoms with E-state index < -0.39 is 0 Å². The average molecular weight is 372 g/mol. The zero-order valence-corrected chi connectivity index (χ0v) is 12.5. The van der Waals surface area contributed by atoms with Crippen LogP contribution in [0.3, 0.4) is 0 Å². The fraction of sp³-hybridized carbons (Fsp3) is 0. The monoisotopic (exact) mass is 372 g/mol. The normalized spacial score (nSPS) is 11.2. The Kier molecular flexibility index (Phi) is 2.66. The molecule has 0 aliphatic heterocycles. The molecule has 4 aromatic rings. The first kappa shape index (κ1) is 11.8. The van der Waals surface area contributed by atoms with Gasteiger partial charge in [0.25, 0.3) is 0 Å². The van der Waals surface area contributed by atoms with Crippen molar-refractivity contribution in [2.45, 2.75) is 0 Å². The highest BCUT2D eigenvalue weighted by molar-refractivity contribution is 14.1. The lowest BCUT2D eigenvalue weighted by atomic mass is 10.2. The van der Waals surface area contributed by atoms with Crippen molar-refractivity contribution in [3.63, 3.8) is 0 Å². The van der Waals surface area contributed by atoms with E-state index >= 15 is 0 Å². The zero-order chi connectivity index (χ0) is 13.5. The van der Waals surface area contributed by atoms with Crippen molar-refractivity contribution < 1.29 is 0 Å². The van der Waals surface area contributed by atoms with Gasteiger partial charge < -0.3 is 0 Å². The molecule has 0 aliphatic carbocycles. The second kappa shape index (κ2) is 4.52. The lowest BCUT2D eigenvalue weighted by Gasteiger charge is -2.04. The Hall–Kier alpha value is -2.02. The summed E-state index contributed by atoms with van der Waals surface area (Å²) in [6.45, 7) is 0. The number of pyridine rings is 3. The van der Waals surface area contributed by atoms with Crippen molar-refractivity contribution in [3.05, 3.63) is 58.6 Å². The molecule has 5 heteroatoms. The van der Waals surface area contributed by atoms with Crippen LogP contribution in [0.2, 0.25) is 0 Å². The summed E-state index contributed by atoms with van der Waals surface area (Å²) >= 11 is 2.28. The number of nitrogens with zero attached hydrogens (tertiary/aromatic N) is 4. The summed E-state index contributed by atoms with van der Waals surface area (Å²) in [6, 6.07) is 12.0. The third kappa shape index (κ3) is 1.70. The molecule has 4 rings (SSSR count). The van der Waals surface area contributed by atoms with Gasteiger partial charge in [0.1, 0.15) is 17.1 Å². The van der Waals surface area contributed by atoms with Gasteiger partial charge in [-0.1, -0.05) is 0 Å². The fourth-order valence-corrected chi connectivity index (χ4v) is 2.84. The molecule has 0 saturated carbocycles. The van der Waals surface area contributed by atoms with E-state index in [4.69, 9.17) is 0 Å². The van der Waals surface area contributed by atoms with Crippen LogP contribution in [0.15, 0.2) is 55.0 Å². The van der Waals surface area contributed by atoms with Gasteiger partial charge in [-0.3, -0.25) is 4.57 Å². The van der Waals surface area contributed by atoms with Gasteiger partial charge in [-0.2, -0.15) is 0 Å². The van der Waals surface area contributed by atoms with Gasteiger partial charge in [0.15, 0.2) is 0 Å². The van der Waals surface area contributed by atoms with Crippen LogP contribution < -0.4 is 0 Å². The minimum Gasteiger partial charge on any atom is -0.261 e. The quantitative estimate of drug-likeness (QED) is 0.480. The molecule has 0 radical (unpaired) electrons. The molecule has 4 aromatic heterocycles. The Balaban J connectivity index is 2.21. The molecule has 0 saturated heterocycles. The van der Waals surface area contributed by atoms with Gasteiger partial charge in [0, 0.05) is 32.9 Å². The first-order valence-electron chi connectivity index (χ1n) is 6.17. The Labute approximate surface area is 128 Å². The SMILES string of the molecule is Ic1ccnc(-n2c3ncccc3c3cccnc32)c1. The molecule has 20 heavy (non-hydrogen) atoms. The number of hydrogen-bond donors (Lipinski definition) is 0. The van der Waals surface area contributed by atoms with Gasteiger partial charge >= 0.3 is 0 Å². The third-order valence-electron chi connectivity index (χ3n) is 3.22. The second-order valence-electron chi connectivity index (χ2n) is 4.42. The summed E-state index contributed by atoms with van der Waals surface area (Å²) < 4.78 is 3.14. The lowest BCUT2D eigenvalue weighted by Crippen LogP contribution is -1.99. The van der Waals surface area contributed by atoms with Crippen molar-refractivity contribution in [1.29, 1.82) is 0 Å². The maximum Gasteiger partial charge on any atom is 0.147 e. The summed E-state index contributed by atoms with van der Waals surface area (Å²) in [5.74, 6) is 0.842. The van der Waals surface area contributed by atoms with Gasteiger partial charge in [0.2, 0.25) is 0 Å². The van der Waals surface area contributed by atoms with E-state index in [1.54, 1.807) is 18.6 Å². The van der Waals surface area contributed by atoms with Gasteiger partial charge in [0.05, 0.1) is 0 Å². The molecule has 0 fully saturated rings. The Morgan fingerprint density at radius 3 is 2.05 bits per heavy atom. The van der Waals surface area contributed by atoms with Gasteiger partial charge in [-0.25, -0.2) is 15.0 Å². The highest BCUT2D eigenvalue weighted by Gasteiger charge is 2.14. The Bertz CT molecular complexity index is 876.